The zero-order chi connectivity index (χ0) is 10.3. The van der Waals surface area contributed by atoms with Crippen LogP contribution >= 0.6 is 0 Å². The Bertz CT molecular complexity index is 179. The van der Waals surface area contributed by atoms with E-state index >= 15 is 0 Å². The molecule has 1 fully saturated rings. The van der Waals surface area contributed by atoms with Crippen LogP contribution in [0.3, 0.4) is 0 Å². The van der Waals surface area contributed by atoms with Gasteiger partial charge in [0.25, 0.3) is 0 Å². The zero-order valence-corrected chi connectivity index (χ0v) is 9.73. The van der Waals surface area contributed by atoms with Crippen LogP contribution in [0, 0.1) is 5.41 Å². The second-order valence-electron chi connectivity index (χ2n) is 5.95. The molecule has 1 aliphatic heterocycles. The van der Waals surface area contributed by atoms with E-state index in [-0.39, 0.29) is 16.6 Å². The molecule has 0 aromatic rings. The fourth-order valence-corrected chi connectivity index (χ4v) is 1.52. The minimum Gasteiger partial charge on any atom is -0.375 e. The molecule has 13 heavy (non-hydrogen) atoms. The van der Waals surface area contributed by atoms with Crippen LogP contribution in [-0.4, -0.2) is 24.4 Å². The molecular weight excluding hydrogens is 164 g/mol. The van der Waals surface area contributed by atoms with E-state index in [0.717, 1.165) is 13.2 Å². The summed E-state index contributed by atoms with van der Waals surface area (Å²) in [5.41, 5.74) is -0.0131. The minimum atomic E-state index is -0.0863. The standard InChI is InChI=1S/C11H22O2/c1-9(2,3)11(7-12-8-11)13-10(4,5)6/h7-8H2,1-6H3. The van der Waals surface area contributed by atoms with Crippen LogP contribution in [0.1, 0.15) is 41.5 Å². The molecule has 0 amide bonds. The molecule has 1 rings (SSSR count). The predicted molar refractivity (Wildman–Crippen MR) is 53.8 cm³/mol. The smallest absolute Gasteiger partial charge is 0.120 e. The Morgan fingerprint density at radius 3 is 1.54 bits per heavy atom. The highest BCUT2D eigenvalue weighted by atomic mass is 16.6. The van der Waals surface area contributed by atoms with Crippen molar-refractivity contribution in [2.24, 2.45) is 5.41 Å². The van der Waals surface area contributed by atoms with E-state index in [1.165, 1.54) is 0 Å². The molecule has 1 heterocycles. The highest BCUT2D eigenvalue weighted by Crippen LogP contribution is 2.42. The van der Waals surface area contributed by atoms with Gasteiger partial charge in [-0.05, 0) is 26.2 Å². The number of rotatable bonds is 1. The molecule has 1 aliphatic rings. The summed E-state index contributed by atoms with van der Waals surface area (Å²) >= 11 is 0. The molecule has 0 aromatic carbocycles. The molecule has 0 bridgehead atoms. The molecule has 78 valence electrons. The summed E-state index contributed by atoms with van der Waals surface area (Å²) < 4.78 is 11.4. The third kappa shape index (κ3) is 2.23. The first kappa shape index (κ1) is 11.0. The Morgan fingerprint density at radius 2 is 1.46 bits per heavy atom. The van der Waals surface area contributed by atoms with Gasteiger partial charge in [-0.3, -0.25) is 0 Å². The molecule has 0 N–H and O–H groups in total. The average Bonchev–Trinajstić information content (AvgIpc) is 1.73. The second-order valence-corrected chi connectivity index (χ2v) is 5.95. The summed E-state index contributed by atoms with van der Waals surface area (Å²) in [5.74, 6) is 0. The van der Waals surface area contributed by atoms with Gasteiger partial charge < -0.3 is 9.47 Å². The molecule has 0 aromatic heterocycles. The van der Waals surface area contributed by atoms with Gasteiger partial charge in [0.15, 0.2) is 0 Å². The Balaban J connectivity index is 2.72. The average molecular weight is 186 g/mol. The summed E-state index contributed by atoms with van der Waals surface area (Å²) in [6.07, 6.45) is 0. The number of hydrogen-bond acceptors (Lipinski definition) is 2. The van der Waals surface area contributed by atoms with Crippen molar-refractivity contribution < 1.29 is 9.47 Å². The normalized spacial score (nSPS) is 22.6. The van der Waals surface area contributed by atoms with Crippen LogP contribution in [-0.2, 0) is 9.47 Å². The lowest BCUT2D eigenvalue weighted by Gasteiger charge is -2.53. The van der Waals surface area contributed by atoms with Crippen LogP contribution < -0.4 is 0 Å². The summed E-state index contributed by atoms with van der Waals surface area (Å²) in [4.78, 5) is 0. The fourth-order valence-electron chi connectivity index (χ4n) is 1.52. The first-order chi connectivity index (χ1) is 5.66. The lowest BCUT2D eigenvalue weighted by atomic mass is 9.74. The topological polar surface area (TPSA) is 18.5 Å². The summed E-state index contributed by atoms with van der Waals surface area (Å²) in [6.45, 7) is 14.4. The van der Waals surface area contributed by atoms with E-state index in [1.807, 2.05) is 0 Å². The Hall–Kier alpha value is -0.0800. The summed E-state index contributed by atoms with van der Waals surface area (Å²) in [7, 11) is 0. The summed E-state index contributed by atoms with van der Waals surface area (Å²) in [5, 5.41) is 0. The quantitative estimate of drug-likeness (QED) is 0.626. The molecular formula is C11H22O2. The molecule has 0 spiro atoms. The van der Waals surface area contributed by atoms with E-state index in [9.17, 15) is 0 Å². The van der Waals surface area contributed by atoms with Gasteiger partial charge in [0.05, 0.1) is 18.8 Å². The Morgan fingerprint density at radius 1 is 1.00 bits per heavy atom. The molecule has 1 saturated heterocycles. The van der Waals surface area contributed by atoms with E-state index in [2.05, 4.69) is 41.5 Å². The highest BCUT2D eigenvalue weighted by molar-refractivity contribution is 4.99. The van der Waals surface area contributed by atoms with Gasteiger partial charge in [-0.2, -0.15) is 0 Å². The van der Waals surface area contributed by atoms with Gasteiger partial charge in [0.1, 0.15) is 5.60 Å². The van der Waals surface area contributed by atoms with Crippen molar-refractivity contribution in [3.8, 4) is 0 Å². The third-order valence-corrected chi connectivity index (χ3v) is 2.54. The third-order valence-electron chi connectivity index (χ3n) is 2.54. The Kier molecular flexibility index (Phi) is 2.50. The van der Waals surface area contributed by atoms with Crippen LogP contribution in [0.4, 0.5) is 0 Å². The van der Waals surface area contributed by atoms with Crippen molar-refractivity contribution in [1.29, 1.82) is 0 Å². The second kappa shape index (κ2) is 2.96. The number of hydrogen-bond donors (Lipinski definition) is 0. The maximum absolute atomic E-state index is 6.10. The van der Waals surface area contributed by atoms with Crippen molar-refractivity contribution in [2.45, 2.75) is 52.7 Å². The maximum Gasteiger partial charge on any atom is 0.120 e. The number of ether oxygens (including phenoxy) is 2. The Labute approximate surface area is 81.6 Å². The van der Waals surface area contributed by atoms with E-state index < -0.39 is 0 Å². The molecule has 0 unspecified atom stereocenters. The van der Waals surface area contributed by atoms with Gasteiger partial charge in [0, 0.05) is 0 Å². The molecule has 2 nitrogen and oxygen atoms in total. The van der Waals surface area contributed by atoms with E-state index in [4.69, 9.17) is 9.47 Å². The lowest BCUT2D eigenvalue weighted by molar-refractivity contribution is -0.290. The fraction of sp³-hybridized carbons (Fsp3) is 1.00. The molecule has 0 saturated carbocycles. The summed E-state index contributed by atoms with van der Waals surface area (Å²) in [6, 6.07) is 0. The van der Waals surface area contributed by atoms with Crippen molar-refractivity contribution in [1.82, 2.24) is 0 Å². The van der Waals surface area contributed by atoms with Crippen molar-refractivity contribution >= 4 is 0 Å². The minimum absolute atomic E-state index is 0.0781. The van der Waals surface area contributed by atoms with Crippen molar-refractivity contribution in [3.05, 3.63) is 0 Å². The zero-order valence-electron chi connectivity index (χ0n) is 9.73. The maximum atomic E-state index is 6.10. The van der Waals surface area contributed by atoms with Gasteiger partial charge in [0.2, 0.25) is 0 Å². The molecule has 0 radical (unpaired) electrons. The van der Waals surface area contributed by atoms with Crippen LogP contribution in [0.15, 0.2) is 0 Å². The van der Waals surface area contributed by atoms with E-state index in [1.54, 1.807) is 0 Å². The SMILES string of the molecule is CC(C)(C)OC1(C(C)(C)C)COC1. The van der Waals surface area contributed by atoms with Crippen LogP contribution in [0.25, 0.3) is 0 Å². The lowest BCUT2D eigenvalue weighted by Crippen LogP contribution is -2.62. The first-order valence-corrected chi connectivity index (χ1v) is 4.94. The van der Waals surface area contributed by atoms with E-state index in [0.29, 0.717) is 0 Å². The van der Waals surface area contributed by atoms with Gasteiger partial charge in [-0.15, -0.1) is 0 Å². The molecule has 0 atom stereocenters. The molecule has 2 heteroatoms. The van der Waals surface area contributed by atoms with Gasteiger partial charge >= 0.3 is 0 Å². The van der Waals surface area contributed by atoms with Crippen LogP contribution in [0.2, 0.25) is 0 Å². The van der Waals surface area contributed by atoms with Gasteiger partial charge in [-0.1, -0.05) is 20.8 Å². The van der Waals surface area contributed by atoms with Crippen LogP contribution in [0.5, 0.6) is 0 Å². The largest absolute Gasteiger partial charge is 0.375 e. The van der Waals surface area contributed by atoms with Crippen molar-refractivity contribution in [3.63, 3.8) is 0 Å². The van der Waals surface area contributed by atoms with Crippen molar-refractivity contribution in [2.75, 3.05) is 13.2 Å². The highest BCUT2D eigenvalue weighted by Gasteiger charge is 2.51. The molecule has 0 aliphatic carbocycles. The first-order valence-electron chi connectivity index (χ1n) is 4.94. The predicted octanol–water partition coefficient (Wildman–Crippen LogP) is 2.62. The monoisotopic (exact) mass is 186 g/mol. The van der Waals surface area contributed by atoms with Gasteiger partial charge in [-0.25, -0.2) is 0 Å².